The van der Waals surface area contributed by atoms with Crippen molar-refractivity contribution in [2.45, 2.75) is 94.7 Å². The minimum Gasteiger partial charge on any atom is -0.497 e. The molecule has 3 unspecified atom stereocenters. The van der Waals surface area contributed by atoms with E-state index in [1.54, 1.807) is 13.2 Å². The van der Waals surface area contributed by atoms with Crippen LogP contribution in [-0.2, 0) is 20.4 Å². The third kappa shape index (κ3) is 4.84. The Bertz CT molecular complexity index is 1880. The number of benzene rings is 2. The number of nitrogens with zero attached hydrogens (tertiary/aromatic N) is 3. The second-order valence-corrected chi connectivity index (χ2v) is 17.0. The zero-order valence-electron chi connectivity index (χ0n) is 27.9. The highest BCUT2D eigenvalue weighted by atomic mass is 32.2. The normalized spacial score (nSPS) is 27.0. The maximum absolute atomic E-state index is 15.2. The van der Waals surface area contributed by atoms with E-state index in [0.29, 0.717) is 17.9 Å². The van der Waals surface area contributed by atoms with Crippen LogP contribution >= 0.6 is 0 Å². The molecule has 1 aromatic heterocycles. The smallest absolute Gasteiger partial charge is 0.264 e. The van der Waals surface area contributed by atoms with E-state index in [4.69, 9.17) is 4.74 Å². The number of ether oxygens (including phenoxy) is 1. The number of sulfonamides is 1. The number of aromatic nitrogens is 1. The third-order valence-corrected chi connectivity index (χ3v) is 13.2. The molecular formula is C37H46N4O5S. The van der Waals surface area contributed by atoms with Gasteiger partial charge in [-0.1, -0.05) is 39.2 Å². The van der Waals surface area contributed by atoms with Crippen molar-refractivity contribution >= 4 is 32.7 Å². The van der Waals surface area contributed by atoms with E-state index in [2.05, 4.69) is 38.3 Å². The minimum absolute atomic E-state index is 0.00892. The molecule has 1 N–H and O–H groups in total. The molecule has 8 rings (SSSR count). The van der Waals surface area contributed by atoms with Gasteiger partial charge in [0.15, 0.2) is 0 Å². The molecule has 5 aliphatic rings. The second-order valence-electron chi connectivity index (χ2n) is 15.2. The van der Waals surface area contributed by atoms with Crippen LogP contribution in [0, 0.1) is 5.92 Å². The SMILES string of the molecule is COc1ccc2c(c1)C1C[C@@]1(C(=O)N1C3CCC1CN(C)C3)n1c-2c(C2CCCCC2)c2ccc(C(=O)NS(=O)(=O)CC(C)C)cc21. The largest absolute Gasteiger partial charge is 0.497 e. The maximum Gasteiger partial charge on any atom is 0.264 e. The van der Waals surface area contributed by atoms with Crippen LogP contribution in [0.15, 0.2) is 36.4 Å². The molecule has 2 amide bonds. The number of carbonyl (C=O) groups excluding carboxylic acids is 2. The number of rotatable bonds is 7. The first-order valence-corrected chi connectivity index (χ1v) is 19.1. The fraction of sp³-hybridized carbons (Fsp3) is 0.568. The number of likely N-dealkylation sites (tertiary alicyclic amines) is 1. The van der Waals surface area contributed by atoms with Crippen LogP contribution in [0.5, 0.6) is 5.75 Å². The Hall–Kier alpha value is -3.37. The number of hydrogen-bond acceptors (Lipinski definition) is 6. The molecule has 4 fully saturated rings. The summed E-state index contributed by atoms with van der Waals surface area (Å²) in [5, 5.41) is 1.07. The van der Waals surface area contributed by atoms with Crippen molar-refractivity contribution in [3.63, 3.8) is 0 Å². The van der Waals surface area contributed by atoms with Gasteiger partial charge in [0.05, 0.1) is 24.1 Å². The average molecular weight is 659 g/mol. The lowest BCUT2D eigenvalue weighted by molar-refractivity contribution is -0.142. The molecule has 2 aliphatic carbocycles. The van der Waals surface area contributed by atoms with Crippen molar-refractivity contribution in [3.8, 4) is 17.0 Å². The minimum atomic E-state index is -3.79. The maximum atomic E-state index is 15.2. The summed E-state index contributed by atoms with van der Waals surface area (Å²) in [7, 11) is 0.0471. The average Bonchev–Trinajstić information content (AvgIpc) is 3.62. The van der Waals surface area contributed by atoms with Crippen LogP contribution in [0.2, 0.25) is 0 Å². The Kier molecular flexibility index (Phi) is 7.30. The van der Waals surface area contributed by atoms with Crippen LogP contribution < -0.4 is 9.46 Å². The van der Waals surface area contributed by atoms with Crippen LogP contribution in [0.1, 0.15) is 98.5 Å². The molecule has 2 aromatic carbocycles. The molecule has 0 spiro atoms. The lowest BCUT2D eigenvalue weighted by Crippen LogP contribution is -2.58. The fourth-order valence-corrected chi connectivity index (χ4v) is 11.0. The van der Waals surface area contributed by atoms with Crippen LogP contribution in [-0.4, -0.2) is 79.7 Å². The monoisotopic (exact) mass is 658 g/mol. The second kappa shape index (κ2) is 11.1. The molecule has 47 heavy (non-hydrogen) atoms. The molecule has 2 bridgehead atoms. The third-order valence-electron chi connectivity index (χ3n) is 11.6. The summed E-state index contributed by atoms with van der Waals surface area (Å²) in [4.78, 5) is 33.3. The number of methoxy groups -OCH3 is 1. The van der Waals surface area contributed by atoms with Crippen molar-refractivity contribution in [2.24, 2.45) is 5.92 Å². The first kappa shape index (κ1) is 30.9. The summed E-state index contributed by atoms with van der Waals surface area (Å²) in [6, 6.07) is 12.3. The summed E-state index contributed by atoms with van der Waals surface area (Å²) in [5.74, 6) is 0.450. The molecule has 2 saturated heterocycles. The molecule has 10 heteroatoms. The predicted molar refractivity (Wildman–Crippen MR) is 182 cm³/mol. The first-order chi connectivity index (χ1) is 22.5. The summed E-state index contributed by atoms with van der Waals surface area (Å²) in [5.41, 5.74) is 5.02. The summed E-state index contributed by atoms with van der Waals surface area (Å²) >= 11 is 0. The van der Waals surface area contributed by atoms with Crippen LogP contribution in [0.25, 0.3) is 22.2 Å². The molecule has 0 radical (unpaired) electrons. The van der Waals surface area contributed by atoms with Crippen LogP contribution in [0.3, 0.4) is 0 Å². The quantitative estimate of drug-likeness (QED) is 0.356. The van der Waals surface area contributed by atoms with E-state index in [1.165, 1.54) is 17.5 Å². The van der Waals surface area contributed by atoms with Gasteiger partial charge in [0.1, 0.15) is 11.3 Å². The number of fused-ring (bicyclic) bond motifs is 10. The summed E-state index contributed by atoms with van der Waals surface area (Å²) in [6.07, 6.45) is 8.46. The topological polar surface area (TPSA) is 101 Å². The van der Waals surface area contributed by atoms with Crippen molar-refractivity contribution < 1.29 is 22.7 Å². The first-order valence-electron chi connectivity index (χ1n) is 17.5. The molecule has 9 nitrogen and oxygen atoms in total. The van der Waals surface area contributed by atoms with E-state index < -0.39 is 21.5 Å². The Labute approximate surface area is 277 Å². The van der Waals surface area contributed by atoms with Gasteiger partial charge in [-0.15, -0.1) is 0 Å². The van der Waals surface area contributed by atoms with Gasteiger partial charge in [0.25, 0.3) is 5.91 Å². The zero-order valence-corrected chi connectivity index (χ0v) is 28.7. The van der Waals surface area contributed by atoms with Crippen LogP contribution in [0.4, 0.5) is 0 Å². The van der Waals surface area contributed by atoms with Crippen molar-refractivity contribution in [3.05, 3.63) is 53.1 Å². The predicted octanol–water partition coefficient (Wildman–Crippen LogP) is 5.58. The Morgan fingerprint density at radius 3 is 2.40 bits per heavy atom. The highest BCUT2D eigenvalue weighted by Gasteiger charge is 2.68. The van der Waals surface area contributed by atoms with E-state index >= 15 is 4.79 Å². The number of carbonyl (C=O) groups is 2. The van der Waals surface area contributed by atoms with Gasteiger partial charge in [-0.3, -0.25) is 9.59 Å². The number of likely N-dealkylation sites (N-methyl/N-ethyl adjacent to an activating group) is 1. The van der Waals surface area contributed by atoms with Gasteiger partial charge < -0.3 is 19.1 Å². The number of piperazine rings is 1. The lowest BCUT2D eigenvalue weighted by Gasteiger charge is -2.43. The summed E-state index contributed by atoms with van der Waals surface area (Å²) < 4.78 is 35.9. The lowest BCUT2D eigenvalue weighted by atomic mass is 9.80. The molecule has 250 valence electrons. The number of amides is 2. The van der Waals surface area contributed by atoms with Gasteiger partial charge >= 0.3 is 0 Å². The zero-order chi connectivity index (χ0) is 32.8. The molecule has 4 heterocycles. The Morgan fingerprint density at radius 1 is 1.00 bits per heavy atom. The molecular weight excluding hydrogens is 612 g/mol. The van der Waals surface area contributed by atoms with E-state index in [0.717, 1.165) is 79.5 Å². The van der Waals surface area contributed by atoms with Gasteiger partial charge in [-0.05, 0) is 92.4 Å². The Morgan fingerprint density at radius 2 is 1.72 bits per heavy atom. The van der Waals surface area contributed by atoms with E-state index in [1.807, 2.05) is 32.0 Å². The number of hydrogen-bond donors (Lipinski definition) is 1. The Balaban J connectivity index is 1.34. The summed E-state index contributed by atoms with van der Waals surface area (Å²) in [6.45, 7) is 5.40. The number of nitrogens with one attached hydrogen (secondary N) is 1. The van der Waals surface area contributed by atoms with E-state index in [-0.39, 0.29) is 35.6 Å². The van der Waals surface area contributed by atoms with Gasteiger partial charge in [-0.25, -0.2) is 13.1 Å². The van der Waals surface area contributed by atoms with Crippen molar-refractivity contribution in [1.29, 1.82) is 0 Å². The van der Waals surface area contributed by atoms with Gasteiger partial charge in [0.2, 0.25) is 15.9 Å². The standard InChI is InChI=1S/C37H46N4O5S/c1-22(2)21-47(44,45)38-35(42)24-10-14-29-32(16-24)41-34(33(29)23-8-6-5-7-9-23)28-15-13-27(46-4)17-30(28)31-18-37(31,41)36(43)40-25-11-12-26(40)20-39(3)19-25/h10,13-17,22-23,25-26,31H,5-9,11-12,18-21H2,1-4H3,(H,38,42)/t25?,26?,31?,37-/m1/s1. The molecule has 3 aromatic rings. The van der Waals surface area contributed by atoms with Crippen molar-refractivity contribution in [1.82, 2.24) is 19.1 Å². The van der Waals surface area contributed by atoms with Gasteiger partial charge in [0, 0.05) is 47.6 Å². The molecule has 3 aliphatic heterocycles. The van der Waals surface area contributed by atoms with Gasteiger partial charge in [-0.2, -0.15) is 0 Å². The molecule has 2 saturated carbocycles. The van der Waals surface area contributed by atoms with E-state index in [9.17, 15) is 13.2 Å². The fourth-order valence-electron chi connectivity index (χ4n) is 9.66. The van der Waals surface area contributed by atoms with Crippen molar-refractivity contribution in [2.75, 3.05) is 33.0 Å². The molecule has 4 atom stereocenters. The highest BCUT2D eigenvalue weighted by Crippen LogP contribution is 2.67. The highest BCUT2D eigenvalue weighted by molar-refractivity contribution is 7.90.